The Hall–Kier alpha value is -3.63. The fraction of sp³-hybridized carbons (Fsp3) is 0.393. The molecule has 1 aliphatic carbocycles. The van der Waals surface area contributed by atoms with Crippen LogP contribution in [0, 0.1) is 11.7 Å². The van der Waals surface area contributed by atoms with Crippen LogP contribution in [0.3, 0.4) is 0 Å². The predicted octanol–water partition coefficient (Wildman–Crippen LogP) is 4.71. The summed E-state index contributed by atoms with van der Waals surface area (Å²) in [5.74, 6) is 0.0136. The summed E-state index contributed by atoms with van der Waals surface area (Å²) < 4.78 is 21.2. The Kier molecular flexibility index (Phi) is 7.02. The van der Waals surface area contributed by atoms with Crippen molar-refractivity contribution in [2.45, 2.75) is 57.2 Å². The fourth-order valence-electron chi connectivity index (χ4n) is 5.22. The lowest BCUT2D eigenvalue weighted by molar-refractivity contribution is -0.123. The molecule has 206 valence electrons. The number of aryl methyl sites for hydroxylation is 1. The molecule has 1 aliphatic heterocycles. The number of primary amides is 1. The van der Waals surface area contributed by atoms with E-state index >= 15 is 0 Å². The van der Waals surface area contributed by atoms with E-state index < -0.39 is 29.5 Å². The number of benzene rings is 2. The van der Waals surface area contributed by atoms with Crippen LogP contribution in [0.2, 0.25) is 5.02 Å². The van der Waals surface area contributed by atoms with E-state index in [4.69, 9.17) is 22.1 Å². The summed E-state index contributed by atoms with van der Waals surface area (Å²) in [5.41, 5.74) is 5.65. The van der Waals surface area contributed by atoms with E-state index in [1.807, 2.05) is 0 Å². The van der Waals surface area contributed by atoms with Gasteiger partial charge in [-0.15, -0.1) is 0 Å². The minimum absolute atomic E-state index is 0.00631. The molecule has 3 aromatic rings. The lowest BCUT2D eigenvalue weighted by Crippen LogP contribution is -2.45. The highest BCUT2D eigenvalue weighted by molar-refractivity contribution is 6.30. The number of nitrogens with zero attached hydrogens (tertiary/aromatic N) is 2. The lowest BCUT2D eigenvalue weighted by Gasteiger charge is -2.27. The number of amides is 3. The number of ether oxygens (including phenoxy) is 1. The van der Waals surface area contributed by atoms with Crippen LogP contribution in [0.15, 0.2) is 42.6 Å². The zero-order chi connectivity index (χ0) is 28.1. The maximum absolute atomic E-state index is 14.3. The van der Waals surface area contributed by atoms with Gasteiger partial charge in [-0.25, -0.2) is 14.0 Å². The third kappa shape index (κ3) is 5.58. The number of piperidine rings is 1. The zero-order valence-electron chi connectivity index (χ0n) is 21.6. The Morgan fingerprint density at radius 1 is 1.23 bits per heavy atom. The Balaban J connectivity index is 1.35. The largest absolute Gasteiger partial charge is 0.491 e. The van der Waals surface area contributed by atoms with E-state index in [2.05, 4.69) is 5.32 Å². The summed E-state index contributed by atoms with van der Waals surface area (Å²) >= 11 is 5.86. The number of carbonyl (C=O) groups is 3. The van der Waals surface area contributed by atoms with Crippen LogP contribution in [-0.4, -0.2) is 56.7 Å². The first-order chi connectivity index (χ1) is 18.4. The normalized spacial score (nSPS) is 20.1. The maximum atomic E-state index is 14.3. The van der Waals surface area contributed by atoms with Gasteiger partial charge in [0.2, 0.25) is 0 Å². The number of aliphatic hydroxyl groups is 1. The molecule has 3 atom stereocenters. The topological polar surface area (TPSA) is 127 Å². The molecule has 11 heteroatoms. The number of hydrogen-bond donors (Lipinski definition) is 3. The number of hydrogen-bond acceptors (Lipinski definition) is 5. The van der Waals surface area contributed by atoms with E-state index in [0.717, 1.165) is 6.42 Å². The van der Waals surface area contributed by atoms with Crippen molar-refractivity contribution in [1.29, 1.82) is 0 Å². The number of urea groups is 1. The molecule has 2 heterocycles. The summed E-state index contributed by atoms with van der Waals surface area (Å²) in [6.45, 7) is 3.27. The van der Waals surface area contributed by atoms with E-state index in [1.165, 1.54) is 16.8 Å². The number of halogens is 2. The number of anilines is 1. The second-order valence-electron chi connectivity index (χ2n) is 10.9. The molecule has 2 aliphatic rings. The molecule has 2 fully saturated rings. The Bertz CT molecular complexity index is 1470. The highest BCUT2D eigenvalue weighted by atomic mass is 35.5. The monoisotopic (exact) mass is 556 g/mol. The van der Waals surface area contributed by atoms with Crippen molar-refractivity contribution >= 4 is 46.0 Å². The summed E-state index contributed by atoms with van der Waals surface area (Å²) in [4.78, 5) is 40.3. The van der Waals surface area contributed by atoms with Crippen LogP contribution in [0.4, 0.5) is 19.7 Å². The van der Waals surface area contributed by atoms with Gasteiger partial charge >= 0.3 is 12.1 Å². The van der Waals surface area contributed by atoms with Crippen LogP contribution in [0.5, 0.6) is 5.75 Å². The van der Waals surface area contributed by atoms with Gasteiger partial charge in [0.15, 0.2) is 5.78 Å². The van der Waals surface area contributed by atoms with Gasteiger partial charge < -0.3 is 25.8 Å². The second kappa shape index (κ2) is 10.2. The van der Waals surface area contributed by atoms with Crippen molar-refractivity contribution in [3.05, 3.63) is 59.0 Å². The number of likely N-dealkylation sites (tertiary alicyclic amines) is 1. The molecular formula is C28H30ClFN4O5. The number of rotatable bonds is 8. The van der Waals surface area contributed by atoms with Gasteiger partial charge in [0.1, 0.15) is 18.2 Å². The van der Waals surface area contributed by atoms with Gasteiger partial charge in [0, 0.05) is 24.0 Å². The second-order valence-corrected chi connectivity index (χ2v) is 11.3. The van der Waals surface area contributed by atoms with Gasteiger partial charge in [-0.3, -0.25) is 9.36 Å². The quantitative estimate of drug-likeness (QED) is 0.370. The molecule has 0 bridgehead atoms. The first kappa shape index (κ1) is 27.0. The average Bonchev–Trinajstić information content (AvgIpc) is 3.38. The molecular weight excluding hydrogens is 527 g/mol. The van der Waals surface area contributed by atoms with Gasteiger partial charge in [-0.05, 0) is 68.9 Å². The number of nitrogens with two attached hydrogens (primary N) is 1. The molecule has 0 spiro atoms. The summed E-state index contributed by atoms with van der Waals surface area (Å²) in [7, 11) is 0. The molecule has 9 nitrogen and oxygen atoms in total. The molecule has 1 saturated heterocycles. The van der Waals surface area contributed by atoms with Crippen molar-refractivity contribution in [3.63, 3.8) is 0 Å². The van der Waals surface area contributed by atoms with Crippen LogP contribution < -0.4 is 15.8 Å². The molecule has 2 aromatic carbocycles. The summed E-state index contributed by atoms with van der Waals surface area (Å²) in [6, 6.07) is 7.78. The van der Waals surface area contributed by atoms with Crippen molar-refractivity contribution < 1.29 is 28.6 Å². The van der Waals surface area contributed by atoms with E-state index in [1.54, 1.807) is 49.1 Å². The number of carbonyl (C=O) groups excluding carboxylic acids is 3. The number of Topliss-reactive ketones (excluding diaryl/α,β-unsaturated/α-hetero) is 1. The zero-order valence-corrected chi connectivity index (χ0v) is 22.4. The lowest BCUT2D eigenvalue weighted by atomic mass is 10.00. The molecule has 0 radical (unpaired) electrons. The fourth-order valence-corrected chi connectivity index (χ4v) is 5.42. The van der Waals surface area contributed by atoms with E-state index in [9.17, 15) is 23.9 Å². The molecule has 5 rings (SSSR count). The van der Waals surface area contributed by atoms with Crippen molar-refractivity contribution in [1.82, 2.24) is 9.47 Å². The molecule has 3 amide bonds. The van der Waals surface area contributed by atoms with Gasteiger partial charge in [-0.1, -0.05) is 23.7 Å². The standard InChI is InChI=1S/C28H30ClFN4O5/c1-28(2,38)14-39-17-7-8-21-18(12-17)20(13-33(21)26(31)36)32-27(37)34-22-10-16(22)11-23(34)24(35)9-6-15-4-3-5-19(29)25(15)30/h3-5,7-8,12-13,16,22-23,38H,6,9-11,14H2,1-2H3,(H2,31,36)(H,32,37)/t16?,22?,23-/m0/s1. The number of aromatic nitrogens is 1. The van der Waals surface area contributed by atoms with E-state index in [0.29, 0.717) is 34.3 Å². The van der Waals surface area contributed by atoms with Crippen LogP contribution in [0.25, 0.3) is 10.9 Å². The highest BCUT2D eigenvalue weighted by Crippen LogP contribution is 2.48. The minimum Gasteiger partial charge on any atom is -0.491 e. The van der Waals surface area contributed by atoms with Crippen LogP contribution in [-0.2, 0) is 11.2 Å². The third-order valence-corrected chi connectivity index (χ3v) is 7.52. The molecule has 4 N–H and O–H groups in total. The Labute approximate surface area is 229 Å². The Morgan fingerprint density at radius 2 is 2.00 bits per heavy atom. The van der Waals surface area contributed by atoms with Gasteiger partial charge in [-0.2, -0.15) is 0 Å². The first-order valence-corrected chi connectivity index (χ1v) is 13.2. The third-order valence-electron chi connectivity index (χ3n) is 7.23. The minimum atomic E-state index is -1.05. The SMILES string of the molecule is CC(C)(O)COc1ccc2c(c1)c(NC(=O)N1C3CC3C[C@H]1C(=O)CCc1cccc(Cl)c1F)cn2C(N)=O. The summed E-state index contributed by atoms with van der Waals surface area (Å²) in [5, 5.41) is 13.4. The first-order valence-electron chi connectivity index (χ1n) is 12.8. The van der Waals surface area contributed by atoms with Gasteiger partial charge in [0.05, 0.1) is 27.9 Å². The number of nitrogens with one attached hydrogen (secondary N) is 1. The number of ketones is 1. The van der Waals surface area contributed by atoms with Gasteiger partial charge in [0.25, 0.3) is 0 Å². The van der Waals surface area contributed by atoms with Crippen molar-refractivity contribution in [3.8, 4) is 5.75 Å². The van der Waals surface area contributed by atoms with Crippen molar-refractivity contribution in [2.75, 3.05) is 11.9 Å². The smallest absolute Gasteiger partial charge is 0.323 e. The average molecular weight is 557 g/mol. The van der Waals surface area contributed by atoms with Crippen molar-refractivity contribution in [2.24, 2.45) is 11.7 Å². The molecule has 39 heavy (non-hydrogen) atoms. The summed E-state index contributed by atoms with van der Waals surface area (Å²) in [6.07, 6.45) is 3.08. The highest BCUT2D eigenvalue weighted by Gasteiger charge is 2.55. The van der Waals surface area contributed by atoms with E-state index in [-0.39, 0.29) is 42.2 Å². The molecule has 1 saturated carbocycles. The predicted molar refractivity (Wildman–Crippen MR) is 145 cm³/mol. The molecule has 2 unspecified atom stereocenters. The Morgan fingerprint density at radius 3 is 2.72 bits per heavy atom. The number of fused-ring (bicyclic) bond motifs is 2. The maximum Gasteiger partial charge on any atom is 0.323 e. The molecule has 1 aromatic heterocycles. The van der Waals surface area contributed by atoms with Crippen LogP contribution in [0.1, 0.15) is 38.7 Å². The van der Waals surface area contributed by atoms with Crippen LogP contribution >= 0.6 is 11.6 Å².